The first-order valence-corrected chi connectivity index (χ1v) is 4.77. The summed E-state index contributed by atoms with van der Waals surface area (Å²) in [7, 11) is 0. The summed E-state index contributed by atoms with van der Waals surface area (Å²) in [5, 5.41) is 9.48. The summed E-state index contributed by atoms with van der Waals surface area (Å²) in [6.45, 7) is 1.81. The van der Waals surface area contributed by atoms with Crippen LogP contribution < -0.4 is 5.73 Å². The van der Waals surface area contributed by atoms with Crippen molar-refractivity contribution in [1.82, 2.24) is 0 Å². The van der Waals surface area contributed by atoms with Crippen molar-refractivity contribution in [2.75, 3.05) is 0 Å². The second-order valence-electron chi connectivity index (χ2n) is 4.29. The number of hydrogen-bond donors (Lipinski definition) is 2. The molecule has 2 rings (SSSR count). The lowest BCUT2D eigenvalue weighted by molar-refractivity contribution is 0.422. The van der Waals surface area contributed by atoms with Crippen LogP contribution in [0.1, 0.15) is 24.0 Å². The highest BCUT2D eigenvalue weighted by atomic mass is 19.1. The smallest absolute Gasteiger partial charge is 0.165 e. The molecule has 0 amide bonds. The van der Waals surface area contributed by atoms with Gasteiger partial charge in [-0.15, -0.1) is 0 Å². The van der Waals surface area contributed by atoms with Gasteiger partial charge in [-0.3, -0.25) is 0 Å². The summed E-state index contributed by atoms with van der Waals surface area (Å²) in [5.74, 6) is -0.795. The Hall–Kier alpha value is -1.09. The lowest BCUT2D eigenvalue weighted by Gasteiger charge is -2.11. The van der Waals surface area contributed by atoms with Crippen molar-refractivity contribution < 1.29 is 9.50 Å². The van der Waals surface area contributed by atoms with Gasteiger partial charge in [-0.05, 0) is 43.4 Å². The van der Waals surface area contributed by atoms with Gasteiger partial charge in [0.15, 0.2) is 11.6 Å². The number of rotatable bonds is 2. The molecular weight excluding hydrogens is 181 g/mol. The topological polar surface area (TPSA) is 46.2 Å². The van der Waals surface area contributed by atoms with E-state index in [9.17, 15) is 9.50 Å². The van der Waals surface area contributed by atoms with Crippen molar-refractivity contribution in [2.45, 2.75) is 31.7 Å². The normalized spacial score (nSPS) is 18.2. The van der Waals surface area contributed by atoms with Crippen LogP contribution in [0.4, 0.5) is 4.39 Å². The molecule has 0 spiro atoms. The van der Waals surface area contributed by atoms with Gasteiger partial charge in [0.25, 0.3) is 0 Å². The van der Waals surface area contributed by atoms with Gasteiger partial charge in [0.05, 0.1) is 0 Å². The van der Waals surface area contributed by atoms with E-state index in [1.807, 2.05) is 6.92 Å². The Labute approximate surface area is 82.5 Å². The number of phenolic OH excluding ortho intramolecular Hbond substituents is 1. The van der Waals surface area contributed by atoms with Crippen molar-refractivity contribution in [1.29, 1.82) is 0 Å². The summed E-state index contributed by atoms with van der Waals surface area (Å²) in [4.78, 5) is 0. The zero-order valence-electron chi connectivity index (χ0n) is 8.18. The fourth-order valence-electron chi connectivity index (χ4n) is 1.66. The molecule has 0 saturated heterocycles. The summed E-state index contributed by atoms with van der Waals surface area (Å²) in [6.07, 6.45) is 2.49. The molecule has 1 aromatic carbocycles. The lowest BCUT2D eigenvalue weighted by Crippen LogP contribution is -2.24. The number of hydrogen-bond acceptors (Lipinski definition) is 2. The second kappa shape index (κ2) is 2.95. The van der Waals surface area contributed by atoms with E-state index in [1.165, 1.54) is 6.07 Å². The molecule has 0 aliphatic heterocycles. The molecule has 1 fully saturated rings. The van der Waals surface area contributed by atoms with Crippen LogP contribution in [0.25, 0.3) is 0 Å². The Kier molecular flexibility index (Phi) is 2.00. The molecular formula is C11H14FNO. The standard InChI is InChI=1S/C11H14FNO/c1-7-4-8(6-11(13)2-3-11)10(14)9(12)5-7/h4-5,14H,2-3,6,13H2,1H3. The average molecular weight is 195 g/mol. The molecule has 0 heterocycles. The molecule has 1 aliphatic carbocycles. The van der Waals surface area contributed by atoms with Crippen molar-refractivity contribution in [2.24, 2.45) is 5.73 Å². The van der Waals surface area contributed by atoms with E-state index in [0.717, 1.165) is 18.4 Å². The van der Waals surface area contributed by atoms with E-state index in [-0.39, 0.29) is 11.3 Å². The van der Waals surface area contributed by atoms with Crippen molar-refractivity contribution in [3.05, 3.63) is 29.1 Å². The van der Waals surface area contributed by atoms with Crippen LogP contribution in [-0.4, -0.2) is 10.6 Å². The zero-order chi connectivity index (χ0) is 10.3. The minimum Gasteiger partial charge on any atom is -0.505 e. The van der Waals surface area contributed by atoms with E-state index >= 15 is 0 Å². The minimum absolute atomic E-state index is 0.197. The van der Waals surface area contributed by atoms with Gasteiger partial charge in [0.2, 0.25) is 0 Å². The molecule has 3 N–H and O–H groups in total. The molecule has 1 aliphatic rings. The Balaban J connectivity index is 2.32. The second-order valence-corrected chi connectivity index (χ2v) is 4.29. The summed E-state index contributed by atoms with van der Waals surface area (Å²) < 4.78 is 13.1. The fourth-order valence-corrected chi connectivity index (χ4v) is 1.66. The molecule has 0 unspecified atom stereocenters. The van der Waals surface area contributed by atoms with Crippen LogP contribution in [0.3, 0.4) is 0 Å². The highest BCUT2D eigenvalue weighted by Gasteiger charge is 2.38. The van der Waals surface area contributed by atoms with Gasteiger partial charge in [-0.2, -0.15) is 0 Å². The van der Waals surface area contributed by atoms with Gasteiger partial charge in [0.1, 0.15) is 0 Å². The van der Waals surface area contributed by atoms with Gasteiger partial charge < -0.3 is 10.8 Å². The number of aryl methyl sites for hydroxylation is 1. The number of aromatic hydroxyl groups is 1. The van der Waals surface area contributed by atoms with E-state index in [2.05, 4.69) is 0 Å². The molecule has 1 saturated carbocycles. The SMILES string of the molecule is Cc1cc(F)c(O)c(CC2(N)CC2)c1. The highest BCUT2D eigenvalue weighted by molar-refractivity contribution is 5.39. The Morgan fingerprint density at radius 3 is 2.71 bits per heavy atom. The first-order valence-electron chi connectivity index (χ1n) is 4.77. The Morgan fingerprint density at radius 2 is 2.14 bits per heavy atom. The van der Waals surface area contributed by atoms with E-state index in [4.69, 9.17) is 5.73 Å². The Bertz CT molecular complexity index is 372. The largest absolute Gasteiger partial charge is 0.505 e. The van der Waals surface area contributed by atoms with Crippen molar-refractivity contribution in [3.8, 4) is 5.75 Å². The lowest BCUT2D eigenvalue weighted by atomic mass is 10.0. The molecule has 76 valence electrons. The zero-order valence-corrected chi connectivity index (χ0v) is 8.18. The third-order valence-corrected chi connectivity index (χ3v) is 2.72. The quantitative estimate of drug-likeness (QED) is 0.756. The molecule has 3 heteroatoms. The van der Waals surface area contributed by atoms with Crippen molar-refractivity contribution >= 4 is 0 Å². The molecule has 14 heavy (non-hydrogen) atoms. The monoisotopic (exact) mass is 195 g/mol. The van der Waals surface area contributed by atoms with Crippen LogP contribution in [0.5, 0.6) is 5.75 Å². The molecule has 1 aromatic rings. The van der Waals surface area contributed by atoms with Gasteiger partial charge >= 0.3 is 0 Å². The number of phenols is 1. The number of halogens is 1. The van der Waals surface area contributed by atoms with Crippen LogP contribution >= 0.6 is 0 Å². The third kappa shape index (κ3) is 1.73. The molecule has 0 aromatic heterocycles. The van der Waals surface area contributed by atoms with Crippen LogP contribution in [0, 0.1) is 12.7 Å². The fraction of sp³-hybridized carbons (Fsp3) is 0.455. The summed E-state index contributed by atoms with van der Waals surface area (Å²) >= 11 is 0. The molecule has 0 bridgehead atoms. The van der Waals surface area contributed by atoms with Crippen LogP contribution in [0.2, 0.25) is 0 Å². The maximum Gasteiger partial charge on any atom is 0.165 e. The van der Waals surface area contributed by atoms with Gasteiger partial charge in [-0.25, -0.2) is 4.39 Å². The van der Waals surface area contributed by atoms with Gasteiger partial charge in [-0.1, -0.05) is 6.07 Å². The average Bonchev–Trinajstić information content (AvgIpc) is 2.79. The Morgan fingerprint density at radius 1 is 1.50 bits per heavy atom. The van der Waals surface area contributed by atoms with Crippen molar-refractivity contribution in [3.63, 3.8) is 0 Å². The predicted octanol–water partition coefficient (Wildman–Crippen LogP) is 1.87. The number of benzene rings is 1. The van der Waals surface area contributed by atoms with E-state index in [0.29, 0.717) is 12.0 Å². The predicted molar refractivity (Wildman–Crippen MR) is 52.7 cm³/mol. The number of nitrogens with two attached hydrogens (primary N) is 1. The maximum atomic E-state index is 13.1. The maximum absolute atomic E-state index is 13.1. The van der Waals surface area contributed by atoms with Gasteiger partial charge in [0, 0.05) is 5.54 Å². The van der Waals surface area contributed by atoms with E-state index < -0.39 is 5.82 Å². The minimum atomic E-state index is -0.552. The van der Waals surface area contributed by atoms with Crippen LogP contribution in [0.15, 0.2) is 12.1 Å². The first kappa shape index (κ1) is 9.46. The summed E-state index contributed by atoms with van der Waals surface area (Å²) in [6, 6.07) is 3.13. The third-order valence-electron chi connectivity index (χ3n) is 2.72. The van der Waals surface area contributed by atoms with E-state index in [1.54, 1.807) is 6.07 Å². The first-order chi connectivity index (χ1) is 6.50. The van der Waals surface area contributed by atoms with Crippen LogP contribution in [-0.2, 0) is 6.42 Å². The molecule has 0 radical (unpaired) electrons. The molecule has 2 nitrogen and oxygen atoms in total. The highest BCUT2D eigenvalue weighted by Crippen LogP contribution is 2.38. The molecule has 0 atom stereocenters. The summed E-state index contributed by atoms with van der Waals surface area (Å²) in [5.41, 5.74) is 7.16.